The maximum atomic E-state index is 12.9. The van der Waals surface area contributed by atoms with Crippen molar-refractivity contribution in [1.29, 1.82) is 0 Å². The minimum atomic E-state index is -1.49. The number of rotatable bonds is 5. The van der Waals surface area contributed by atoms with Crippen molar-refractivity contribution in [2.45, 2.75) is 45.6 Å². The zero-order chi connectivity index (χ0) is 21.3. The summed E-state index contributed by atoms with van der Waals surface area (Å²) in [6.45, 7) is 2.01. The predicted octanol–water partition coefficient (Wildman–Crippen LogP) is 3.13. The number of carbonyl (C=O) groups is 1. The molecule has 1 aromatic rings. The summed E-state index contributed by atoms with van der Waals surface area (Å²) in [5.41, 5.74) is -0.336. The molecule has 9 heteroatoms. The average molecular weight is 465 g/mol. The van der Waals surface area contributed by atoms with Crippen molar-refractivity contribution in [2.24, 2.45) is 5.92 Å². The Balaban J connectivity index is 1.80. The fraction of sp³-hybridized carbons (Fsp3) is 0.650. The maximum Gasteiger partial charge on any atom is 0.251 e. The molecule has 1 aromatic carbocycles. The first-order chi connectivity index (χ1) is 13.6. The number of benzene rings is 1. The third kappa shape index (κ3) is 2.26. The van der Waals surface area contributed by atoms with Crippen LogP contribution < -0.4 is 5.32 Å². The monoisotopic (exact) mass is 463 g/mol. The van der Waals surface area contributed by atoms with Crippen LogP contribution in [0.4, 0.5) is 0 Å². The molecule has 3 fully saturated rings. The Bertz CT molecular complexity index is 824. The van der Waals surface area contributed by atoms with Crippen LogP contribution in [0, 0.1) is 5.92 Å². The molecule has 0 unspecified atom stereocenters. The van der Waals surface area contributed by atoms with Crippen molar-refractivity contribution in [3.8, 4) is 0 Å². The second kappa shape index (κ2) is 6.70. The molecule has 1 N–H and O–H groups in total. The summed E-state index contributed by atoms with van der Waals surface area (Å²) >= 11 is 21.2. The van der Waals surface area contributed by atoms with Gasteiger partial charge in [0.25, 0.3) is 5.91 Å². The Hall–Kier alpha value is -0.600. The third-order valence-electron chi connectivity index (χ3n) is 6.92. The van der Waals surface area contributed by atoms with Crippen molar-refractivity contribution in [2.75, 3.05) is 27.9 Å². The second-order valence-electron chi connectivity index (χ2n) is 8.12. The second-order valence-corrected chi connectivity index (χ2v) is 9.82. The normalized spacial score (nSPS) is 44.7. The van der Waals surface area contributed by atoms with Crippen molar-refractivity contribution >= 4 is 40.7 Å². The standard InChI is InChI=1S/C20H24Cl3NO5/c1-16(24-14(25)12-8-6-5-7-9-12)11-29-19(26-2)15(21)17(22)10-13(16)18(19,23)20(17,27-3)28-4/h5-9,13,15H,10-11H2,1-4H3,(H,24,25)/t13-,15-,16+,17-,18+,19-/m1/s1. The highest BCUT2D eigenvalue weighted by atomic mass is 35.5. The minimum Gasteiger partial charge on any atom is -0.350 e. The van der Waals surface area contributed by atoms with Crippen molar-refractivity contribution in [3.05, 3.63) is 35.9 Å². The van der Waals surface area contributed by atoms with E-state index in [9.17, 15) is 4.79 Å². The SMILES string of the molecule is COC1(OC)[C@@]2(Cl)C[C@H]3[C@]1(Cl)[C@](OC)(OC[C@]3(C)NC(=O)c1ccccc1)[C@@H]2Cl. The lowest BCUT2D eigenvalue weighted by atomic mass is 9.69. The van der Waals surface area contributed by atoms with Gasteiger partial charge in [0.15, 0.2) is 4.87 Å². The zero-order valence-corrected chi connectivity index (χ0v) is 18.9. The van der Waals surface area contributed by atoms with E-state index in [-0.39, 0.29) is 12.5 Å². The van der Waals surface area contributed by atoms with Gasteiger partial charge in [-0.1, -0.05) is 18.2 Å². The van der Waals surface area contributed by atoms with E-state index in [0.717, 1.165) is 0 Å². The lowest BCUT2D eigenvalue weighted by Gasteiger charge is -2.58. The Labute approximate surface area is 185 Å². The number of methoxy groups -OCH3 is 3. The van der Waals surface area contributed by atoms with Crippen LogP contribution in [0.5, 0.6) is 0 Å². The molecule has 1 saturated heterocycles. The van der Waals surface area contributed by atoms with Crippen LogP contribution in [0.1, 0.15) is 23.7 Å². The fourth-order valence-corrected chi connectivity index (χ4v) is 7.75. The molecule has 2 saturated carbocycles. The summed E-state index contributed by atoms with van der Waals surface area (Å²) in [5.74, 6) is -3.60. The van der Waals surface area contributed by atoms with E-state index in [0.29, 0.717) is 12.0 Å². The quantitative estimate of drug-likeness (QED) is 0.536. The van der Waals surface area contributed by atoms with Crippen LogP contribution in [0.15, 0.2) is 30.3 Å². The van der Waals surface area contributed by atoms with Crippen molar-refractivity contribution in [3.63, 3.8) is 0 Å². The molecule has 0 aromatic heterocycles. The highest BCUT2D eigenvalue weighted by Crippen LogP contribution is 2.76. The number of hydrogen-bond acceptors (Lipinski definition) is 5. The van der Waals surface area contributed by atoms with Crippen LogP contribution >= 0.6 is 34.8 Å². The Morgan fingerprint density at radius 3 is 2.28 bits per heavy atom. The van der Waals surface area contributed by atoms with E-state index in [1.807, 2.05) is 13.0 Å². The van der Waals surface area contributed by atoms with Crippen LogP contribution in [0.2, 0.25) is 0 Å². The maximum absolute atomic E-state index is 12.9. The summed E-state index contributed by atoms with van der Waals surface area (Å²) in [7, 11) is 4.41. The Kier molecular flexibility index (Phi) is 4.99. The number of hydrogen-bond donors (Lipinski definition) is 1. The van der Waals surface area contributed by atoms with E-state index < -0.39 is 38.2 Å². The van der Waals surface area contributed by atoms with E-state index in [1.54, 1.807) is 24.3 Å². The molecular weight excluding hydrogens is 441 g/mol. The molecule has 0 spiro atoms. The smallest absolute Gasteiger partial charge is 0.251 e. The molecule has 2 bridgehead atoms. The number of ether oxygens (including phenoxy) is 4. The summed E-state index contributed by atoms with van der Waals surface area (Å²) in [6.07, 6.45) is 0.341. The average Bonchev–Trinajstić information content (AvgIpc) is 3.01. The molecule has 6 nitrogen and oxygen atoms in total. The van der Waals surface area contributed by atoms with E-state index >= 15 is 0 Å². The van der Waals surface area contributed by atoms with Gasteiger partial charge in [0.05, 0.1) is 12.1 Å². The molecule has 2 aliphatic carbocycles. The molecule has 1 amide bonds. The van der Waals surface area contributed by atoms with Gasteiger partial charge in [-0.25, -0.2) is 0 Å². The van der Waals surface area contributed by atoms with Gasteiger partial charge in [0, 0.05) is 32.8 Å². The first-order valence-corrected chi connectivity index (χ1v) is 10.5. The predicted molar refractivity (Wildman–Crippen MR) is 110 cm³/mol. The lowest BCUT2D eigenvalue weighted by Crippen LogP contribution is -2.76. The highest BCUT2D eigenvalue weighted by molar-refractivity contribution is 6.39. The molecule has 1 aliphatic heterocycles. The highest BCUT2D eigenvalue weighted by Gasteiger charge is 2.94. The number of nitrogens with one attached hydrogen (secondary N) is 1. The van der Waals surface area contributed by atoms with Gasteiger partial charge in [-0.15, -0.1) is 34.8 Å². The van der Waals surface area contributed by atoms with Gasteiger partial charge in [0.2, 0.25) is 11.6 Å². The molecule has 1 heterocycles. The van der Waals surface area contributed by atoms with Gasteiger partial charge >= 0.3 is 0 Å². The fourth-order valence-electron chi connectivity index (χ4n) is 5.61. The Morgan fingerprint density at radius 2 is 1.76 bits per heavy atom. The van der Waals surface area contributed by atoms with E-state index in [2.05, 4.69) is 5.32 Å². The summed E-state index contributed by atoms with van der Waals surface area (Å²) < 4.78 is 23.6. The van der Waals surface area contributed by atoms with Crippen molar-refractivity contribution < 1.29 is 23.7 Å². The molecule has 29 heavy (non-hydrogen) atoms. The number of amides is 1. The van der Waals surface area contributed by atoms with Crippen LogP contribution in [0.25, 0.3) is 0 Å². The largest absolute Gasteiger partial charge is 0.350 e. The first-order valence-electron chi connectivity index (χ1n) is 9.31. The zero-order valence-electron chi connectivity index (χ0n) is 16.6. The van der Waals surface area contributed by atoms with Gasteiger partial charge in [-0.05, 0) is 25.5 Å². The minimum absolute atomic E-state index is 0.137. The van der Waals surface area contributed by atoms with E-state index in [4.69, 9.17) is 53.8 Å². The van der Waals surface area contributed by atoms with Gasteiger partial charge in [-0.2, -0.15) is 0 Å². The molecule has 160 valence electrons. The summed E-state index contributed by atoms with van der Waals surface area (Å²) in [6, 6.07) is 8.94. The third-order valence-corrected chi connectivity index (χ3v) is 9.09. The van der Waals surface area contributed by atoms with Crippen LogP contribution in [-0.4, -0.2) is 66.1 Å². The Morgan fingerprint density at radius 1 is 1.14 bits per heavy atom. The number of halogens is 3. The van der Waals surface area contributed by atoms with Gasteiger partial charge < -0.3 is 24.3 Å². The molecule has 0 radical (unpaired) electrons. The van der Waals surface area contributed by atoms with E-state index in [1.165, 1.54) is 21.3 Å². The van der Waals surface area contributed by atoms with Crippen LogP contribution in [0.3, 0.4) is 0 Å². The number of alkyl halides is 3. The van der Waals surface area contributed by atoms with Crippen LogP contribution in [-0.2, 0) is 18.9 Å². The summed E-state index contributed by atoms with van der Waals surface area (Å²) in [5, 5.41) is 2.25. The van der Waals surface area contributed by atoms with Crippen molar-refractivity contribution in [1.82, 2.24) is 5.32 Å². The topological polar surface area (TPSA) is 66.0 Å². The molecule has 3 aliphatic rings. The molecule has 4 rings (SSSR count). The lowest BCUT2D eigenvalue weighted by molar-refractivity contribution is -0.319. The molecule has 6 atom stereocenters. The van der Waals surface area contributed by atoms with Gasteiger partial charge in [-0.3, -0.25) is 4.79 Å². The first kappa shape index (κ1) is 21.6. The van der Waals surface area contributed by atoms with Gasteiger partial charge in [0.1, 0.15) is 10.3 Å². The molecular formula is C20H24Cl3NO5. The summed E-state index contributed by atoms with van der Waals surface area (Å²) in [4.78, 5) is 10.3. The number of fused-ring (bicyclic) bond motifs is 1. The number of carbonyl (C=O) groups excluding carboxylic acids is 1.